The van der Waals surface area contributed by atoms with Gasteiger partial charge in [0.2, 0.25) is 0 Å². The van der Waals surface area contributed by atoms with Gasteiger partial charge in [-0.3, -0.25) is 4.79 Å². The van der Waals surface area contributed by atoms with E-state index in [-0.39, 0.29) is 5.91 Å². The van der Waals surface area contributed by atoms with Gasteiger partial charge in [-0.05, 0) is 40.9 Å². The molecule has 0 aliphatic carbocycles. The van der Waals surface area contributed by atoms with E-state index in [1.807, 2.05) is 17.9 Å². The van der Waals surface area contributed by atoms with E-state index in [2.05, 4.69) is 34.8 Å². The maximum absolute atomic E-state index is 12.4. The van der Waals surface area contributed by atoms with Gasteiger partial charge in [-0.2, -0.15) is 0 Å². The maximum atomic E-state index is 12.4. The Hall–Kier alpha value is -0.900. The van der Waals surface area contributed by atoms with Gasteiger partial charge in [-0.15, -0.1) is 0 Å². The van der Waals surface area contributed by atoms with Gasteiger partial charge in [0.05, 0.1) is 5.56 Å². The normalized spacial score (nSPS) is 10.7. The summed E-state index contributed by atoms with van der Waals surface area (Å²) < 4.78 is 0.623. The number of aromatic nitrogens is 1. The number of pyridine rings is 1. The van der Waals surface area contributed by atoms with Crippen LogP contribution in [-0.4, -0.2) is 28.9 Å². The number of rotatable bonds is 6. The lowest BCUT2D eigenvalue weighted by Gasteiger charge is -2.25. The van der Waals surface area contributed by atoms with Crippen LogP contribution in [0.5, 0.6) is 0 Å². The van der Waals surface area contributed by atoms with Crippen molar-refractivity contribution in [2.75, 3.05) is 13.1 Å². The van der Waals surface area contributed by atoms with Gasteiger partial charge >= 0.3 is 0 Å². The first-order valence-corrected chi connectivity index (χ1v) is 7.33. The molecule has 0 radical (unpaired) electrons. The summed E-state index contributed by atoms with van der Waals surface area (Å²) in [5.41, 5.74) is 0.644. The summed E-state index contributed by atoms with van der Waals surface area (Å²) in [5, 5.41) is 0. The lowest BCUT2D eigenvalue weighted by atomic mass is 10.0. The highest BCUT2D eigenvalue weighted by Gasteiger charge is 2.19. The molecule has 3 nitrogen and oxygen atoms in total. The average molecular weight is 313 g/mol. The van der Waals surface area contributed by atoms with Gasteiger partial charge in [-0.1, -0.05) is 26.7 Å². The minimum Gasteiger partial charge on any atom is -0.339 e. The average Bonchev–Trinajstić information content (AvgIpc) is 2.40. The minimum atomic E-state index is 0.0596. The Morgan fingerprint density at radius 1 is 1.39 bits per heavy atom. The predicted octanol–water partition coefficient (Wildman–Crippen LogP) is 3.74. The van der Waals surface area contributed by atoms with Crippen LogP contribution in [0.1, 0.15) is 44.0 Å². The lowest BCUT2D eigenvalue weighted by Crippen LogP contribution is -2.35. The molecule has 0 spiro atoms. The molecule has 100 valence electrons. The van der Waals surface area contributed by atoms with Crippen molar-refractivity contribution in [3.63, 3.8) is 0 Å². The molecule has 1 amide bonds. The quantitative estimate of drug-likeness (QED) is 0.750. The summed E-state index contributed by atoms with van der Waals surface area (Å²) in [6.45, 7) is 7.92. The van der Waals surface area contributed by atoms with Crippen molar-refractivity contribution in [2.45, 2.75) is 33.6 Å². The van der Waals surface area contributed by atoms with Gasteiger partial charge in [0.15, 0.2) is 0 Å². The summed E-state index contributed by atoms with van der Waals surface area (Å²) >= 11 is 3.34. The highest BCUT2D eigenvalue weighted by Crippen LogP contribution is 2.17. The van der Waals surface area contributed by atoms with Crippen molar-refractivity contribution in [1.82, 2.24) is 9.88 Å². The zero-order valence-electron chi connectivity index (χ0n) is 11.3. The third kappa shape index (κ3) is 3.80. The molecule has 0 saturated carbocycles. The zero-order valence-corrected chi connectivity index (χ0v) is 12.9. The summed E-state index contributed by atoms with van der Waals surface area (Å²) in [5.74, 6) is 0.633. The van der Waals surface area contributed by atoms with Crippen molar-refractivity contribution in [3.8, 4) is 0 Å². The molecule has 1 rings (SSSR count). The number of amides is 1. The fraction of sp³-hybridized carbons (Fsp3) is 0.571. The topological polar surface area (TPSA) is 33.2 Å². The second-order valence-corrected chi connectivity index (χ2v) is 5.12. The zero-order chi connectivity index (χ0) is 13.5. The Morgan fingerprint density at radius 2 is 2.06 bits per heavy atom. The molecule has 18 heavy (non-hydrogen) atoms. The van der Waals surface area contributed by atoms with E-state index in [0.717, 1.165) is 25.9 Å². The van der Waals surface area contributed by atoms with Crippen LogP contribution in [0.4, 0.5) is 0 Å². The van der Waals surface area contributed by atoms with E-state index >= 15 is 0 Å². The molecule has 0 aliphatic rings. The molecular weight excluding hydrogens is 292 g/mol. The molecule has 0 aromatic carbocycles. The number of nitrogens with zero attached hydrogens (tertiary/aromatic N) is 2. The van der Waals surface area contributed by atoms with Crippen molar-refractivity contribution >= 4 is 21.8 Å². The number of carbonyl (C=O) groups excluding carboxylic acids is 1. The van der Waals surface area contributed by atoms with Gasteiger partial charge in [-0.25, -0.2) is 4.98 Å². The Kier molecular flexibility index (Phi) is 6.33. The monoisotopic (exact) mass is 312 g/mol. The van der Waals surface area contributed by atoms with Crippen LogP contribution in [0, 0.1) is 5.92 Å². The van der Waals surface area contributed by atoms with E-state index < -0.39 is 0 Å². The molecular formula is C14H21BrN2O. The molecule has 0 atom stereocenters. The van der Waals surface area contributed by atoms with E-state index in [4.69, 9.17) is 0 Å². The van der Waals surface area contributed by atoms with E-state index in [0.29, 0.717) is 16.1 Å². The Bertz CT molecular complexity index is 391. The number of carbonyl (C=O) groups is 1. The molecule has 0 fully saturated rings. The molecule has 1 heterocycles. The molecule has 0 aliphatic heterocycles. The lowest BCUT2D eigenvalue weighted by molar-refractivity contribution is 0.0733. The molecule has 0 bridgehead atoms. The van der Waals surface area contributed by atoms with Crippen LogP contribution in [0.25, 0.3) is 0 Å². The first kappa shape index (κ1) is 15.2. The van der Waals surface area contributed by atoms with Gasteiger partial charge < -0.3 is 4.90 Å². The van der Waals surface area contributed by atoms with Crippen LogP contribution >= 0.6 is 15.9 Å². The second kappa shape index (κ2) is 7.52. The third-order valence-electron chi connectivity index (χ3n) is 3.29. The highest BCUT2D eigenvalue weighted by molar-refractivity contribution is 9.10. The van der Waals surface area contributed by atoms with Crippen LogP contribution in [0.2, 0.25) is 0 Å². The van der Waals surface area contributed by atoms with Crippen LogP contribution in [-0.2, 0) is 0 Å². The number of halogens is 1. The second-order valence-electron chi connectivity index (χ2n) is 4.37. The van der Waals surface area contributed by atoms with Crippen molar-refractivity contribution in [3.05, 3.63) is 28.5 Å². The number of hydrogen-bond acceptors (Lipinski definition) is 2. The molecule has 1 aromatic heterocycles. The van der Waals surface area contributed by atoms with E-state index in [1.165, 1.54) is 0 Å². The van der Waals surface area contributed by atoms with E-state index in [1.54, 1.807) is 12.3 Å². The first-order chi connectivity index (χ1) is 8.63. The molecule has 1 aromatic rings. The number of hydrogen-bond donors (Lipinski definition) is 0. The van der Waals surface area contributed by atoms with E-state index in [9.17, 15) is 4.79 Å². The fourth-order valence-electron chi connectivity index (χ4n) is 1.93. The summed E-state index contributed by atoms with van der Waals surface area (Å²) in [4.78, 5) is 18.4. The first-order valence-electron chi connectivity index (χ1n) is 6.53. The Balaban J connectivity index is 2.83. The van der Waals surface area contributed by atoms with Gasteiger partial charge in [0.1, 0.15) is 4.60 Å². The molecule has 0 unspecified atom stereocenters. The molecule has 0 saturated heterocycles. The van der Waals surface area contributed by atoms with Crippen molar-refractivity contribution < 1.29 is 4.79 Å². The largest absolute Gasteiger partial charge is 0.339 e. The molecule has 4 heteroatoms. The van der Waals surface area contributed by atoms with Crippen molar-refractivity contribution in [1.29, 1.82) is 0 Å². The predicted molar refractivity (Wildman–Crippen MR) is 77.6 cm³/mol. The Labute approximate surface area is 118 Å². The summed E-state index contributed by atoms with van der Waals surface area (Å²) in [6.07, 6.45) is 3.89. The maximum Gasteiger partial charge on any atom is 0.256 e. The Morgan fingerprint density at radius 3 is 2.56 bits per heavy atom. The van der Waals surface area contributed by atoms with Crippen LogP contribution in [0.3, 0.4) is 0 Å². The van der Waals surface area contributed by atoms with Crippen LogP contribution in [0.15, 0.2) is 22.9 Å². The SMILES string of the molecule is CCC(CC)CN(CC)C(=O)c1cccnc1Br. The fourth-order valence-corrected chi connectivity index (χ4v) is 2.35. The highest BCUT2D eigenvalue weighted by atomic mass is 79.9. The molecule has 0 N–H and O–H groups in total. The van der Waals surface area contributed by atoms with Gasteiger partial charge in [0.25, 0.3) is 5.91 Å². The van der Waals surface area contributed by atoms with Crippen LogP contribution < -0.4 is 0 Å². The van der Waals surface area contributed by atoms with Gasteiger partial charge in [0, 0.05) is 19.3 Å². The minimum absolute atomic E-state index is 0.0596. The summed E-state index contributed by atoms with van der Waals surface area (Å²) in [6, 6.07) is 3.61. The summed E-state index contributed by atoms with van der Waals surface area (Å²) in [7, 11) is 0. The third-order valence-corrected chi connectivity index (χ3v) is 3.92. The standard InChI is InChI=1S/C14H21BrN2O/c1-4-11(5-2)10-17(6-3)14(18)12-8-7-9-16-13(12)15/h7-9,11H,4-6,10H2,1-3H3. The van der Waals surface area contributed by atoms with Crippen molar-refractivity contribution in [2.24, 2.45) is 5.92 Å². The smallest absolute Gasteiger partial charge is 0.256 e.